The molecule has 0 saturated carbocycles. The van der Waals surface area contributed by atoms with Crippen molar-refractivity contribution in [2.75, 3.05) is 6.61 Å². The van der Waals surface area contributed by atoms with Crippen LogP contribution in [0.15, 0.2) is 60.2 Å². The van der Waals surface area contributed by atoms with Gasteiger partial charge in [0.1, 0.15) is 0 Å². The number of hydrogen-bond acceptors (Lipinski definition) is 4. The Morgan fingerprint density at radius 3 is 2.41 bits per heavy atom. The molecule has 27 heavy (non-hydrogen) atoms. The number of carbonyl (C=O) groups excluding carboxylic acids is 2. The topological polar surface area (TPSA) is 67.4 Å². The van der Waals surface area contributed by atoms with E-state index in [0.717, 1.165) is 11.1 Å². The summed E-state index contributed by atoms with van der Waals surface area (Å²) in [6, 6.07) is 15.6. The number of ketones is 1. The van der Waals surface area contributed by atoms with Gasteiger partial charge in [-0.05, 0) is 42.4 Å². The van der Waals surface area contributed by atoms with E-state index in [1.807, 2.05) is 30.3 Å². The van der Waals surface area contributed by atoms with Gasteiger partial charge in [-0.1, -0.05) is 54.1 Å². The first-order valence-corrected chi connectivity index (χ1v) is 9.14. The zero-order chi connectivity index (χ0) is 19.4. The van der Waals surface area contributed by atoms with Crippen molar-refractivity contribution in [1.82, 2.24) is 10.6 Å². The maximum atomic E-state index is 12.9. The molecule has 2 aromatic carbocycles. The van der Waals surface area contributed by atoms with E-state index in [4.69, 9.17) is 28.6 Å². The van der Waals surface area contributed by atoms with Crippen molar-refractivity contribution >= 4 is 46.4 Å². The maximum absolute atomic E-state index is 12.9. The van der Waals surface area contributed by atoms with Crippen LogP contribution in [0.4, 0.5) is 0 Å². The molecule has 0 unspecified atom stereocenters. The number of esters is 1. The molecule has 0 bridgehead atoms. The number of halogens is 1. The van der Waals surface area contributed by atoms with E-state index in [2.05, 4.69) is 10.6 Å². The van der Waals surface area contributed by atoms with Gasteiger partial charge in [-0.25, -0.2) is 4.79 Å². The minimum Gasteiger partial charge on any atom is -0.460 e. The first kappa shape index (κ1) is 19.1. The van der Waals surface area contributed by atoms with Gasteiger partial charge in [0.05, 0.1) is 23.9 Å². The van der Waals surface area contributed by atoms with E-state index < -0.39 is 17.8 Å². The third-order valence-electron chi connectivity index (χ3n) is 4.04. The van der Waals surface area contributed by atoms with Crippen LogP contribution in [0.1, 0.15) is 24.1 Å². The molecule has 2 N–H and O–H groups in total. The van der Waals surface area contributed by atoms with Gasteiger partial charge in [0.15, 0.2) is 5.11 Å². The standard InChI is InChI=1S/C20H17ClN2O3S/c1-2-26-19(25)18(24)15-16(12-6-4-3-5-7-12)22-20(27)23-17(15)13-8-10-14(21)11-9-13/h3-11,17H,2H2,1H3,(H2,22,23,27)/t17-/m1/s1. The van der Waals surface area contributed by atoms with Crippen molar-refractivity contribution in [2.45, 2.75) is 13.0 Å². The van der Waals surface area contributed by atoms with Crippen LogP contribution in [0.2, 0.25) is 5.02 Å². The summed E-state index contributed by atoms with van der Waals surface area (Å²) in [5, 5.41) is 7.01. The second-order valence-corrected chi connectivity index (χ2v) is 6.63. The summed E-state index contributed by atoms with van der Waals surface area (Å²) in [4.78, 5) is 25.2. The summed E-state index contributed by atoms with van der Waals surface area (Å²) in [5.74, 6) is -1.63. The van der Waals surface area contributed by atoms with Gasteiger partial charge in [-0.3, -0.25) is 4.79 Å². The van der Waals surface area contributed by atoms with Crippen molar-refractivity contribution in [2.24, 2.45) is 0 Å². The fourth-order valence-electron chi connectivity index (χ4n) is 2.85. The zero-order valence-electron chi connectivity index (χ0n) is 14.5. The molecule has 0 spiro atoms. The Kier molecular flexibility index (Phi) is 5.88. The fraction of sp³-hybridized carbons (Fsp3) is 0.150. The largest absolute Gasteiger partial charge is 0.460 e. The minimum absolute atomic E-state index is 0.114. The lowest BCUT2D eigenvalue weighted by molar-refractivity contribution is -0.151. The van der Waals surface area contributed by atoms with E-state index in [-0.39, 0.29) is 12.2 Å². The highest BCUT2D eigenvalue weighted by Gasteiger charge is 2.35. The molecule has 0 amide bonds. The smallest absolute Gasteiger partial charge is 0.379 e. The fourth-order valence-corrected chi connectivity index (χ4v) is 3.20. The zero-order valence-corrected chi connectivity index (χ0v) is 16.1. The van der Waals surface area contributed by atoms with Crippen molar-refractivity contribution in [3.05, 3.63) is 76.3 Å². The second kappa shape index (κ2) is 8.33. The molecule has 2 aromatic rings. The summed E-state index contributed by atoms with van der Waals surface area (Å²) in [6.45, 7) is 1.77. The third-order valence-corrected chi connectivity index (χ3v) is 4.52. The molecule has 138 valence electrons. The van der Waals surface area contributed by atoms with Gasteiger partial charge in [0.25, 0.3) is 5.78 Å². The average molecular weight is 401 g/mol. The van der Waals surface area contributed by atoms with Gasteiger partial charge in [-0.2, -0.15) is 0 Å². The van der Waals surface area contributed by atoms with Gasteiger partial charge < -0.3 is 15.4 Å². The lowest BCUT2D eigenvalue weighted by Crippen LogP contribution is -2.46. The van der Waals surface area contributed by atoms with E-state index in [1.54, 1.807) is 31.2 Å². The molecule has 5 nitrogen and oxygen atoms in total. The van der Waals surface area contributed by atoms with Crippen LogP contribution in [0, 0.1) is 0 Å². The summed E-state index contributed by atoms with van der Waals surface area (Å²) in [5.41, 5.74) is 2.23. The molecule has 3 rings (SSSR count). The van der Waals surface area contributed by atoms with E-state index in [9.17, 15) is 9.59 Å². The SMILES string of the molecule is CCOC(=O)C(=O)C1=C(c2ccccc2)NC(=S)N[C@@H]1c1ccc(Cl)cc1. The number of nitrogens with one attached hydrogen (secondary N) is 2. The van der Waals surface area contributed by atoms with Gasteiger partial charge in [0, 0.05) is 5.02 Å². The Balaban J connectivity index is 2.18. The quantitative estimate of drug-likeness (QED) is 0.455. The van der Waals surface area contributed by atoms with Crippen LogP contribution in [0.3, 0.4) is 0 Å². The van der Waals surface area contributed by atoms with Crippen molar-refractivity contribution in [1.29, 1.82) is 0 Å². The molecule has 0 aliphatic carbocycles. The molecule has 0 saturated heterocycles. The molecule has 1 aliphatic heterocycles. The summed E-state index contributed by atoms with van der Waals surface area (Å²) in [6.07, 6.45) is 0. The van der Waals surface area contributed by atoms with Gasteiger partial charge >= 0.3 is 5.97 Å². The van der Waals surface area contributed by atoms with E-state index >= 15 is 0 Å². The minimum atomic E-state index is -0.906. The van der Waals surface area contributed by atoms with Crippen LogP contribution in [0.25, 0.3) is 5.70 Å². The highest BCUT2D eigenvalue weighted by Crippen LogP contribution is 2.32. The van der Waals surface area contributed by atoms with Crippen LogP contribution >= 0.6 is 23.8 Å². The summed E-state index contributed by atoms with van der Waals surface area (Å²) >= 11 is 11.3. The third kappa shape index (κ3) is 4.18. The Morgan fingerprint density at radius 1 is 1.11 bits per heavy atom. The number of benzene rings is 2. The first-order chi connectivity index (χ1) is 13.0. The second-order valence-electron chi connectivity index (χ2n) is 5.79. The number of rotatable bonds is 5. The highest BCUT2D eigenvalue weighted by molar-refractivity contribution is 7.80. The first-order valence-electron chi connectivity index (χ1n) is 8.35. The van der Waals surface area contributed by atoms with Crippen LogP contribution < -0.4 is 10.6 Å². The maximum Gasteiger partial charge on any atom is 0.379 e. The number of carbonyl (C=O) groups is 2. The Morgan fingerprint density at radius 2 is 1.78 bits per heavy atom. The molecule has 1 atom stereocenters. The van der Waals surface area contributed by atoms with Crippen molar-refractivity contribution in [3.8, 4) is 0 Å². The number of Topliss-reactive ketones (excluding diaryl/α,β-unsaturated/α-hetero) is 1. The monoisotopic (exact) mass is 400 g/mol. The molecule has 1 heterocycles. The number of hydrogen-bond donors (Lipinski definition) is 2. The number of ether oxygens (including phenoxy) is 1. The Bertz CT molecular complexity index is 911. The lowest BCUT2D eigenvalue weighted by atomic mass is 9.90. The highest BCUT2D eigenvalue weighted by atomic mass is 35.5. The van der Waals surface area contributed by atoms with Gasteiger partial charge in [-0.15, -0.1) is 0 Å². The van der Waals surface area contributed by atoms with Crippen LogP contribution in [-0.4, -0.2) is 23.5 Å². The lowest BCUT2D eigenvalue weighted by Gasteiger charge is -2.31. The summed E-state index contributed by atoms with van der Waals surface area (Å²) < 4.78 is 4.94. The molecule has 1 aliphatic rings. The van der Waals surface area contributed by atoms with Crippen LogP contribution in [0.5, 0.6) is 0 Å². The normalized spacial score (nSPS) is 16.4. The van der Waals surface area contributed by atoms with Gasteiger partial charge in [0.2, 0.25) is 0 Å². The Labute approximate surface area is 167 Å². The molecule has 0 aromatic heterocycles. The van der Waals surface area contributed by atoms with E-state index in [0.29, 0.717) is 15.8 Å². The number of thiocarbonyl (C=S) groups is 1. The Hall–Kier alpha value is -2.70. The molecular weight excluding hydrogens is 384 g/mol. The molecule has 0 fully saturated rings. The molecule has 7 heteroatoms. The molecular formula is C20H17ClN2O3S. The summed E-state index contributed by atoms with van der Waals surface area (Å²) in [7, 11) is 0. The van der Waals surface area contributed by atoms with Crippen LogP contribution in [-0.2, 0) is 14.3 Å². The van der Waals surface area contributed by atoms with Crippen molar-refractivity contribution < 1.29 is 14.3 Å². The average Bonchev–Trinajstić information content (AvgIpc) is 2.68. The predicted octanol–water partition coefficient (Wildman–Crippen LogP) is 3.40. The predicted molar refractivity (Wildman–Crippen MR) is 108 cm³/mol. The van der Waals surface area contributed by atoms with E-state index in [1.165, 1.54) is 0 Å². The molecule has 0 radical (unpaired) electrons. The van der Waals surface area contributed by atoms with Crippen molar-refractivity contribution in [3.63, 3.8) is 0 Å².